The molecular formula is C32H31NO3. The topological polar surface area (TPSA) is 54.6 Å². The molecule has 0 saturated heterocycles. The molecule has 36 heavy (non-hydrogen) atoms. The molecule has 0 bridgehead atoms. The third kappa shape index (κ3) is 4.80. The van der Waals surface area contributed by atoms with Gasteiger partial charge in [-0.05, 0) is 102 Å². The summed E-state index contributed by atoms with van der Waals surface area (Å²) >= 11 is 0. The van der Waals surface area contributed by atoms with E-state index in [2.05, 4.69) is 48.7 Å². The van der Waals surface area contributed by atoms with Gasteiger partial charge in [0.15, 0.2) is 0 Å². The molecule has 0 aliphatic carbocycles. The van der Waals surface area contributed by atoms with Crippen LogP contribution >= 0.6 is 0 Å². The van der Waals surface area contributed by atoms with E-state index in [1.807, 2.05) is 36.4 Å². The molecular weight excluding hydrogens is 446 g/mol. The van der Waals surface area contributed by atoms with Gasteiger partial charge >= 0.3 is 0 Å². The van der Waals surface area contributed by atoms with E-state index in [9.17, 15) is 10.2 Å². The first-order chi connectivity index (χ1) is 17.5. The van der Waals surface area contributed by atoms with Crippen molar-refractivity contribution in [3.05, 3.63) is 102 Å². The molecule has 1 aromatic heterocycles. The Kier molecular flexibility index (Phi) is 6.68. The Morgan fingerprint density at radius 1 is 0.722 bits per heavy atom. The maximum Gasteiger partial charge on any atom is 0.119 e. The van der Waals surface area contributed by atoms with Crippen LogP contribution in [0.2, 0.25) is 0 Å². The average molecular weight is 478 g/mol. The molecule has 182 valence electrons. The van der Waals surface area contributed by atoms with Crippen LogP contribution in [0, 0.1) is 6.92 Å². The SMILES string of the molecule is CCCCOc1ccc(Cn2c(-c3ccc(O)cc3)c(C)c3cc(-c4ccc(O)cc4)ccc32)cc1. The Hall–Kier alpha value is -4.18. The third-order valence-corrected chi connectivity index (χ3v) is 6.69. The Labute approximate surface area is 212 Å². The molecule has 0 aliphatic rings. The number of aromatic nitrogens is 1. The summed E-state index contributed by atoms with van der Waals surface area (Å²) < 4.78 is 8.20. The highest BCUT2D eigenvalue weighted by Crippen LogP contribution is 2.37. The predicted octanol–water partition coefficient (Wildman–Crippen LogP) is 7.92. The normalized spacial score (nSPS) is 11.2. The molecule has 0 aliphatic heterocycles. The van der Waals surface area contributed by atoms with Gasteiger partial charge in [0.05, 0.1) is 12.3 Å². The summed E-state index contributed by atoms with van der Waals surface area (Å²) in [5.41, 5.74) is 7.90. The van der Waals surface area contributed by atoms with Crippen molar-refractivity contribution in [2.45, 2.75) is 33.2 Å². The molecule has 0 atom stereocenters. The van der Waals surface area contributed by atoms with Gasteiger partial charge in [-0.1, -0.05) is 43.7 Å². The number of fused-ring (bicyclic) bond motifs is 1. The highest BCUT2D eigenvalue weighted by atomic mass is 16.5. The molecule has 0 fully saturated rings. The van der Waals surface area contributed by atoms with Crippen LogP contribution in [0.15, 0.2) is 91.0 Å². The minimum atomic E-state index is 0.257. The number of phenolic OH excluding ortho intramolecular Hbond substituents is 2. The lowest BCUT2D eigenvalue weighted by Gasteiger charge is -2.13. The zero-order valence-corrected chi connectivity index (χ0v) is 20.7. The highest BCUT2D eigenvalue weighted by Gasteiger charge is 2.17. The van der Waals surface area contributed by atoms with Crippen LogP contribution in [0.25, 0.3) is 33.3 Å². The van der Waals surface area contributed by atoms with E-state index >= 15 is 0 Å². The van der Waals surface area contributed by atoms with Crippen molar-refractivity contribution in [3.63, 3.8) is 0 Å². The van der Waals surface area contributed by atoms with Gasteiger partial charge in [-0.3, -0.25) is 0 Å². The number of hydrogen-bond acceptors (Lipinski definition) is 3. The number of rotatable bonds is 8. The maximum atomic E-state index is 9.87. The predicted molar refractivity (Wildman–Crippen MR) is 147 cm³/mol. The zero-order chi connectivity index (χ0) is 25.1. The second-order valence-electron chi connectivity index (χ2n) is 9.23. The number of benzene rings is 4. The lowest BCUT2D eigenvalue weighted by molar-refractivity contribution is 0.309. The fourth-order valence-corrected chi connectivity index (χ4v) is 4.72. The fourth-order valence-electron chi connectivity index (χ4n) is 4.72. The van der Waals surface area contributed by atoms with Gasteiger partial charge in [-0.2, -0.15) is 0 Å². The van der Waals surface area contributed by atoms with Gasteiger partial charge in [-0.15, -0.1) is 0 Å². The highest BCUT2D eigenvalue weighted by molar-refractivity contribution is 5.94. The molecule has 0 amide bonds. The molecule has 0 unspecified atom stereocenters. The summed E-state index contributed by atoms with van der Waals surface area (Å²) in [6.07, 6.45) is 2.17. The van der Waals surface area contributed by atoms with Crippen LogP contribution in [0.4, 0.5) is 0 Å². The lowest BCUT2D eigenvalue weighted by atomic mass is 10.0. The van der Waals surface area contributed by atoms with Crippen LogP contribution in [0.3, 0.4) is 0 Å². The zero-order valence-electron chi connectivity index (χ0n) is 20.7. The van der Waals surface area contributed by atoms with E-state index in [0.29, 0.717) is 6.54 Å². The molecule has 1 heterocycles. The molecule has 0 spiro atoms. The quantitative estimate of drug-likeness (QED) is 0.223. The molecule has 4 heteroatoms. The van der Waals surface area contributed by atoms with E-state index < -0.39 is 0 Å². The van der Waals surface area contributed by atoms with Crippen LogP contribution in [0.1, 0.15) is 30.9 Å². The molecule has 5 rings (SSSR count). The van der Waals surface area contributed by atoms with Gasteiger partial charge in [-0.25, -0.2) is 0 Å². The number of hydrogen-bond donors (Lipinski definition) is 2. The summed E-state index contributed by atoms with van der Waals surface area (Å²) in [6.45, 7) is 5.78. The Morgan fingerprint density at radius 3 is 1.97 bits per heavy atom. The summed E-state index contributed by atoms with van der Waals surface area (Å²) in [5.74, 6) is 1.42. The van der Waals surface area contributed by atoms with Crippen molar-refractivity contribution in [1.29, 1.82) is 0 Å². The van der Waals surface area contributed by atoms with E-state index in [1.165, 1.54) is 16.5 Å². The molecule has 4 aromatic carbocycles. The van der Waals surface area contributed by atoms with Crippen molar-refractivity contribution in [2.24, 2.45) is 0 Å². The average Bonchev–Trinajstić information content (AvgIpc) is 3.17. The number of phenols is 2. The monoisotopic (exact) mass is 477 g/mol. The standard InChI is InChI=1S/C32H31NO3/c1-3-4-19-36-29-16-5-23(6-17-29)21-33-31-18-11-26(24-7-12-27(34)13-8-24)20-30(31)22(2)32(33)25-9-14-28(35)15-10-25/h5-18,20,34-35H,3-4,19,21H2,1-2H3. The van der Waals surface area contributed by atoms with E-state index in [4.69, 9.17) is 4.74 Å². The minimum Gasteiger partial charge on any atom is -0.508 e. The van der Waals surface area contributed by atoms with Crippen molar-refractivity contribution >= 4 is 10.9 Å². The van der Waals surface area contributed by atoms with Gasteiger partial charge in [0, 0.05) is 17.4 Å². The van der Waals surface area contributed by atoms with Crippen LogP contribution in [-0.4, -0.2) is 21.4 Å². The van der Waals surface area contributed by atoms with Gasteiger partial charge in [0.25, 0.3) is 0 Å². The Morgan fingerprint density at radius 2 is 1.33 bits per heavy atom. The minimum absolute atomic E-state index is 0.257. The number of ether oxygens (including phenoxy) is 1. The largest absolute Gasteiger partial charge is 0.508 e. The van der Waals surface area contributed by atoms with Crippen molar-refractivity contribution in [3.8, 4) is 39.6 Å². The second-order valence-corrected chi connectivity index (χ2v) is 9.23. The molecule has 0 saturated carbocycles. The number of unbranched alkanes of at least 4 members (excludes halogenated alkanes) is 1. The summed E-state index contributed by atoms with van der Waals surface area (Å²) in [5, 5.41) is 20.7. The van der Waals surface area contributed by atoms with Gasteiger partial charge < -0.3 is 19.5 Å². The van der Waals surface area contributed by atoms with Crippen molar-refractivity contribution in [2.75, 3.05) is 6.61 Å². The van der Waals surface area contributed by atoms with E-state index in [-0.39, 0.29) is 11.5 Å². The second kappa shape index (κ2) is 10.2. The lowest BCUT2D eigenvalue weighted by Crippen LogP contribution is -2.03. The number of nitrogens with zero attached hydrogens (tertiary/aromatic N) is 1. The molecule has 5 aromatic rings. The maximum absolute atomic E-state index is 9.87. The van der Waals surface area contributed by atoms with Crippen molar-refractivity contribution < 1.29 is 14.9 Å². The molecule has 4 nitrogen and oxygen atoms in total. The van der Waals surface area contributed by atoms with Crippen LogP contribution in [0.5, 0.6) is 17.2 Å². The van der Waals surface area contributed by atoms with Crippen molar-refractivity contribution in [1.82, 2.24) is 4.57 Å². The van der Waals surface area contributed by atoms with Crippen LogP contribution in [-0.2, 0) is 6.54 Å². The molecule has 2 N–H and O–H groups in total. The summed E-state index contributed by atoms with van der Waals surface area (Å²) in [7, 11) is 0. The smallest absolute Gasteiger partial charge is 0.119 e. The Bertz CT molecular complexity index is 1460. The first-order valence-corrected chi connectivity index (χ1v) is 12.5. The van der Waals surface area contributed by atoms with Gasteiger partial charge in [0.2, 0.25) is 0 Å². The van der Waals surface area contributed by atoms with E-state index in [0.717, 1.165) is 53.1 Å². The van der Waals surface area contributed by atoms with Gasteiger partial charge in [0.1, 0.15) is 17.2 Å². The number of aryl methyl sites for hydroxylation is 1. The summed E-state index contributed by atoms with van der Waals surface area (Å²) in [6, 6.07) is 29.6. The third-order valence-electron chi connectivity index (χ3n) is 6.69. The first kappa shape index (κ1) is 23.6. The Balaban J connectivity index is 1.57. The fraction of sp³-hybridized carbons (Fsp3) is 0.188. The summed E-state index contributed by atoms with van der Waals surface area (Å²) in [4.78, 5) is 0. The van der Waals surface area contributed by atoms with Crippen LogP contribution < -0.4 is 4.74 Å². The van der Waals surface area contributed by atoms with E-state index in [1.54, 1.807) is 24.3 Å². The molecule has 0 radical (unpaired) electrons. The number of aromatic hydroxyl groups is 2. The first-order valence-electron chi connectivity index (χ1n) is 12.5.